The molecule has 16 rings (SSSR count). The predicted octanol–water partition coefficient (Wildman–Crippen LogP) is 1.65. The highest BCUT2D eigenvalue weighted by atomic mass is 32.1. The minimum Gasteiger partial charge on any atom is -0.394 e. The standard InChI is InChI=1S/C11H16FN3O3.2C10H13FN2O4S.C10H13FN2O3S2.C10H15N3O3S.2C10H14N2O4S.C10H14N2O3S2/c1-5-9(17)8(4-16)18-11(5)15-3-7(12)10(13)14-6(15)2;1-4-7(15)6(3-14)17-9(4)13-2-5(11)8(18)12-10(13)16;1-4-7(15)6(3-14)17-9(4)13-2-5(11)8(16)12-10(13)18;1-4-7(15)6(3-14)16-9(4)13-2-5(11)8(17)12-10(13)18;1-5-8(15)6(4-14)16-9(5)13-3-2-7(11)12-10(13)17;1-5-8(14)6(4-13)16-9(5)12-3-2-7(17)11-10(12)15;1-5-8(15)6(4-13)16-9(5)12-3-2-7(14)11-10(12)17;1-5-8(14)6(4-13)15-9(5)12-3-2-7(16)11-10(12)17/h3,5,8-9,11,16-17H,2,4H2,1H3,(H2,13,14);2*2,4,6-7,9,14-15H,3H2,1H3,(H,12,16,18);2,4,6-7,9,14-15H,3H2,1H3,(H,12,17,18);2-3,5-6,8-9,14-15H,4H2,1H3,(H2,11,12,17);2-3,5-6,8-9,13-14H,4H2,1H3,(H,11,15,17);2-3,5-6,8-9,13,15H,4H2,1H3,(H,11,14,17);2-3,5-6,8-9,13-14H,4H2,1H3,(H,11,16,17)/t5?,8-,9-,11-;3*4?,6-,7-,9-;4*5?,6-,8-,9-/m11111111/s1. The van der Waals surface area contributed by atoms with Crippen molar-refractivity contribution in [1.29, 1.82) is 0 Å². The van der Waals surface area contributed by atoms with Crippen molar-refractivity contribution in [1.82, 2.24) is 71.8 Å². The Hall–Kier alpha value is -7.95. The third-order valence-electron chi connectivity index (χ3n) is 24.3. The number of rotatable bonds is 16. The van der Waals surface area contributed by atoms with E-state index in [0.29, 0.717) is 24.6 Å². The fourth-order valence-electron chi connectivity index (χ4n) is 16.1. The molecule has 32 atom stereocenters. The molecule has 0 saturated carbocycles. The van der Waals surface area contributed by atoms with Crippen LogP contribution in [0.1, 0.15) is 99.0 Å². The number of aromatic nitrogens is 14. The number of ether oxygens (including phenoxy) is 8. The summed E-state index contributed by atoms with van der Waals surface area (Å²) >= 11 is 44.4. The molecule has 0 aromatic carbocycles. The van der Waals surface area contributed by atoms with Gasteiger partial charge in [0.25, 0.3) is 11.1 Å². The number of nitrogens with one attached hydrogen (secondary N) is 6. The fourth-order valence-corrected chi connectivity index (χ4v) is 18.1. The fraction of sp³-hybridized carbons (Fsp3) is 0.593. The Bertz CT molecular complexity index is 5870. The molecule has 0 amide bonds. The molecule has 9 aliphatic rings. The van der Waals surface area contributed by atoms with Gasteiger partial charge < -0.3 is 146 Å². The molecule has 776 valence electrons. The van der Waals surface area contributed by atoms with Gasteiger partial charge in [0.05, 0.1) is 114 Å². The topological polar surface area (TPSA) is 676 Å². The zero-order valence-corrected chi connectivity index (χ0v) is 83.0. The predicted molar refractivity (Wildman–Crippen MR) is 508 cm³/mol. The van der Waals surface area contributed by atoms with E-state index in [0.717, 1.165) is 29.4 Å². The van der Waals surface area contributed by atoms with E-state index in [1.165, 1.54) is 37.1 Å². The lowest BCUT2D eigenvalue weighted by Gasteiger charge is -2.31. The second-order valence-electron chi connectivity index (χ2n) is 33.6. The molecule has 7 aromatic heterocycles. The minimum absolute atomic E-state index is 0.00374. The van der Waals surface area contributed by atoms with Crippen LogP contribution in [0.4, 0.5) is 23.4 Å². The van der Waals surface area contributed by atoms with Crippen LogP contribution in [-0.4, -0.2) is 316 Å². The molecule has 0 radical (unpaired) electrons. The first kappa shape index (κ1) is 116. The number of nitrogens with two attached hydrogens (primary N) is 2. The first-order valence-electron chi connectivity index (χ1n) is 43.0. The number of amidine groups is 1. The summed E-state index contributed by atoms with van der Waals surface area (Å²) < 4.78 is 109. The molecule has 0 spiro atoms. The molecule has 8 unspecified atom stereocenters. The van der Waals surface area contributed by atoms with Crippen molar-refractivity contribution in [2.75, 3.05) is 58.6 Å². The van der Waals surface area contributed by atoms with Gasteiger partial charge >= 0.3 is 11.4 Å². The molecular formula is C81H112F4N18O28S9. The molecule has 8 saturated heterocycles. The molecule has 9 aliphatic heterocycles. The molecule has 26 N–H and O–H groups in total. The summed E-state index contributed by atoms with van der Waals surface area (Å²) in [6.07, 6.45) is -5.89. The van der Waals surface area contributed by atoms with Gasteiger partial charge in [-0.1, -0.05) is 111 Å². The van der Waals surface area contributed by atoms with Gasteiger partial charge in [0.15, 0.2) is 42.4 Å². The number of nitrogens with zero attached hydrogens (tertiary/aromatic N) is 10. The van der Waals surface area contributed by atoms with Crippen LogP contribution in [0.2, 0.25) is 0 Å². The Kier molecular flexibility index (Phi) is 42.3. The van der Waals surface area contributed by atoms with Crippen LogP contribution in [0.15, 0.2) is 116 Å². The van der Waals surface area contributed by atoms with E-state index in [9.17, 15) is 77.6 Å². The third kappa shape index (κ3) is 26.8. The molecular weight excluding hydrogens is 2040 g/mol. The van der Waals surface area contributed by atoms with Gasteiger partial charge in [0.1, 0.15) is 129 Å². The van der Waals surface area contributed by atoms with Crippen LogP contribution in [-0.2, 0) is 37.9 Å². The smallest absolute Gasteiger partial charge is 0.328 e. The van der Waals surface area contributed by atoms with Gasteiger partial charge in [-0.2, -0.15) is 4.39 Å². The number of aliphatic hydroxyl groups is 16. The second-order valence-corrected chi connectivity index (χ2v) is 37.2. The van der Waals surface area contributed by atoms with Gasteiger partial charge in [-0.05, 0) is 79.3 Å². The molecule has 8 fully saturated rings. The first-order chi connectivity index (χ1) is 66.0. The molecule has 0 aliphatic carbocycles. The Labute approximate surface area is 838 Å². The Balaban J connectivity index is 0.000000179. The van der Waals surface area contributed by atoms with Gasteiger partial charge in [-0.15, -0.1) is 0 Å². The van der Waals surface area contributed by atoms with E-state index in [-0.39, 0.29) is 147 Å². The Morgan fingerprint density at radius 1 is 0.357 bits per heavy atom. The summed E-state index contributed by atoms with van der Waals surface area (Å²) in [4.78, 5) is 69.3. The first-order valence-corrected chi connectivity index (χ1v) is 46.7. The zero-order chi connectivity index (χ0) is 104. The number of anilines is 1. The minimum atomic E-state index is -0.985. The number of halogens is 4. The van der Waals surface area contributed by atoms with Gasteiger partial charge in [0.2, 0.25) is 10.6 Å². The average molecular weight is 2150 g/mol. The molecule has 7 aromatic rings. The van der Waals surface area contributed by atoms with E-state index in [2.05, 4.69) is 58.7 Å². The number of H-pyrrole nitrogens is 6. The summed E-state index contributed by atoms with van der Waals surface area (Å²) in [5, 5.41) is 151. The summed E-state index contributed by atoms with van der Waals surface area (Å²) in [5.41, 5.74) is 8.66. The van der Waals surface area contributed by atoms with Gasteiger partial charge in [0, 0.05) is 90.6 Å². The van der Waals surface area contributed by atoms with Crippen LogP contribution >= 0.6 is 110 Å². The maximum Gasteiger partial charge on any atom is 0.328 e. The summed E-state index contributed by atoms with van der Waals surface area (Å²) in [5.74, 6) is -5.00. The van der Waals surface area contributed by atoms with E-state index in [1.807, 2.05) is 13.8 Å². The number of aliphatic imine (C=N–C) groups is 1. The maximum atomic E-state index is 13.4. The van der Waals surface area contributed by atoms with Crippen molar-refractivity contribution in [3.63, 3.8) is 0 Å². The number of hydrogen-bond donors (Lipinski definition) is 24. The summed E-state index contributed by atoms with van der Waals surface area (Å²) in [7, 11) is 0. The molecule has 140 heavy (non-hydrogen) atoms. The quantitative estimate of drug-likeness (QED) is 0.0483. The summed E-state index contributed by atoms with van der Waals surface area (Å²) in [6, 6.07) is 6.24. The van der Waals surface area contributed by atoms with Crippen molar-refractivity contribution < 1.29 is 137 Å². The van der Waals surface area contributed by atoms with E-state index in [1.54, 1.807) is 85.8 Å². The van der Waals surface area contributed by atoms with Crippen molar-refractivity contribution in [3.8, 4) is 0 Å². The number of aliphatic hydroxyl groups excluding tert-OH is 16. The lowest BCUT2D eigenvalue weighted by atomic mass is 10.0. The van der Waals surface area contributed by atoms with Crippen LogP contribution in [0.25, 0.3) is 0 Å². The van der Waals surface area contributed by atoms with Crippen LogP contribution in [0.5, 0.6) is 0 Å². The van der Waals surface area contributed by atoms with E-state index >= 15 is 0 Å². The maximum absolute atomic E-state index is 13.4. The SMILES string of the molecule is C=C1N=C(N)C(F)=CN1[C@@H]1O[C@H](CO)[C@H](O)C1C.CC1[C@@H](O)[C@@H](CO)O[C@H]1n1cc(F)c(=O)[nH]c1=S.CC1[C@@H](O)[C@@H](CO)O[C@H]1n1cc(F)c(=S)[nH]c1=O.CC1[C@@H](O)[C@@H](CO)O[C@H]1n1cc(F)c(=S)[nH]c1=S.CC1[C@@H](O)[C@@H](CO)O[C@H]1n1ccc(=O)[nH]c1=S.CC1[C@@H](O)[C@@H](CO)O[C@H]1n1ccc(=S)[nH]c1=O.CC1[C@@H](O)[C@@H](CO)O[C@H]1n1ccc(=S)[nH]c1=S.CC1[C@@H](O)[C@@H](CO)O[C@H]1n1ccc(N)nc1=S. The molecule has 0 bridgehead atoms. The molecule has 16 heterocycles. The van der Waals surface area contributed by atoms with Crippen molar-refractivity contribution >= 4 is 122 Å². The van der Waals surface area contributed by atoms with Gasteiger partial charge in [-0.3, -0.25) is 61.5 Å². The zero-order valence-electron chi connectivity index (χ0n) is 75.6. The molecule has 46 nitrogen and oxygen atoms in total. The highest BCUT2D eigenvalue weighted by Gasteiger charge is 2.50. The van der Waals surface area contributed by atoms with Crippen LogP contribution < -0.4 is 34.0 Å². The van der Waals surface area contributed by atoms with E-state index < -0.39 is 182 Å². The van der Waals surface area contributed by atoms with Crippen molar-refractivity contribution in [2.45, 2.75) is 203 Å². The van der Waals surface area contributed by atoms with Crippen LogP contribution in [0.3, 0.4) is 0 Å². The van der Waals surface area contributed by atoms with Crippen LogP contribution in [0, 0.1) is 107 Å². The lowest BCUT2D eigenvalue weighted by molar-refractivity contribution is -0.0597. The average Bonchev–Trinajstić information content (AvgIpc) is 0.812. The Morgan fingerprint density at radius 2 is 0.643 bits per heavy atom. The normalized spacial score (nSPS) is 32.9. The van der Waals surface area contributed by atoms with E-state index in [4.69, 9.17) is 188 Å². The highest BCUT2D eigenvalue weighted by Crippen LogP contribution is 2.42. The monoisotopic (exact) mass is 2150 g/mol. The Morgan fingerprint density at radius 3 is 1.01 bits per heavy atom. The lowest BCUT2D eigenvalue weighted by Crippen LogP contribution is -2.38. The van der Waals surface area contributed by atoms with Crippen molar-refractivity contribution in [3.05, 3.63) is 194 Å². The highest BCUT2D eigenvalue weighted by molar-refractivity contribution is 7.72. The number of nitrogen functional groups attached to an aromatic ring is 1. The number of hydrogen-bond acceptors (Lipinski definition) is 42. The van der Waals surface area contributed by atoms with Crippen molar-refractivity contribution in [2.24, 2.45) is 58.1 Å². The number of aromatic amines is 6. The summed E-state index contributed by atoms with van der Waals surface area (Å²) in [6.45, 7) is 15.4. The largest absolute Gasteiger partial charge is 0.394 e. The second kappa shape index (κ2) is 51.2. The molecule has 59 heteroatoms. The third-order valence-corrected chi connectivity index (χ3v) is 26.9. The van der Waals surface area contributed by atoms with Gasteiger partial charge in [-0.25, -0.2) is 32.7 Å².